The van der Waals surface area contributed by atoms with Gasteiger partial charge in [-0.25, -0.2) is 0 Å². The molecule has 0 aliphatic heterocycles. The normalized spacial score (nSPS) is 9.89. The van der Waals surface area contributed by atoms with E-state index in [9.17, 15) is 4.79 Å². The van der Waals surface area contributed by atoms with Gasteiger partial charge in [0, 0.05) is 14.1 Å². The van der Waals surface area contributed by atoms with Gasteiger partial charge in [-0.05, 0) is 14.1 Å². The summed E-state index contributed by atoms with van der Waals surface area (Å²) in [6.07, 6.45) is 0. The van der Waals surface area contributed by atoms with Gasteiger partial charge in [-0.15, -0.1) is 0 Å². The highest BCUT2D eigenvalue weighted by atomic mass is 16.2. The van der Waals surface area contributed by atoms with Crippen molar-refractivity contribution in [3.8, 4) is 0 Å². The van der Waals surface area contributed by atoms with Crippen LogP contribution in [0.5, 0.6) is 0 Å². The van der Waals surface area contributed by atoms with Crippen molar-refractivity contribution >= 4 is 5.91 Å². The van der Waals surface area contributed by atoms with Gasteiger partial charge in [0.15, 0.2) is 0 Å². The fourth-order valence-corrected chi connectivity index (χ4v) is 0.412. The van der Waals surface area contributed by atoms with E-state index in [-0.39, 0.29) is 5.91 Å². The van der Waals surface area contributed by atoms with Crippen LogP contribution in [0.25, 0.3) is 0 Å². The molecule has 0 heterocycles. The topological polar surface area (TPSA) is 23.6 Å². The van der Waals surface area contributed by atoms with Crippen molar-refractivity contribution < 1.29 is 4.79 Å². The van der Waals surface area contributed by atoms with Gasteiger partial charge < -0.3 is 9.80 Å². The number of hydrogen-bond donors (Lipinski definition) is 0. The number of rotatable bonds is 2. The molecule has 0 aromatic rings. The highest BCUT2D eigenvalue weighted by Crippen LogP contribution is 1.80. The third kappa shape index (κ3) is 3.97. The zero-order chi connectivity index (χ0) is 7.44. The third-order valence-corrected chi connectivity index (χ3v) is 0.950. The Labute approximate surface area is 56.2 Å². The first-order valence-electron chi connectivity index (χ1n) is 2.89. The fraction of sp³-hybridized carbons (Fsp3) is 0.833. The van der Waals surface area contributed by atoms with Crippen molar-refractivity contribution in [1.82, 2.24) is 9.80 Å². The molecular weight excluding hydrogens is 116 g/mol. The van der Waals surface area contributed by atoms with Crippen LogP contribution in [-0.2, 0) is 4.79 Å². The lowest BCUT2D eigenvalue weighted by atomic mass is 10.5. The number of nitrogens with zero attached hydrogens (tertiary/aromatic N) is 2. The Hall–Kier alpha value is -0.570. The fourth-order valence-electron chi connectivity index (χ4n) is 0.412. The summed E-state index contributed by atoms with van der Waals surface area (Å²) in [5.41, 5.74) is 0. The predicted molar refractivity (Wildman–Crippen MR) is 37.2 cm³/mol. The van der Waals surface area contributed by atoms with Crippen LogP contribution in [0.1, 0.15) is 0 Å². The van der Waals surface area contributed by atoms with Crippen molar-refractivity contribution in [2.45, 2.75) is 0 Å². The van der Waals surface area contributed by atoms with E-state index in [1.165, 1.54) is 0 Å². The molecule has 0 bridgehead atoms. The monoisotopic (exact) mass is 130 g/mol. The first-order valence-corrected chi connectivity index (χ1v) is 2.89. The maximum Gasteiger partial charge on any atom is 0.236 e. The summed E-state index contributed by atoms with van der Waals surface area (Å²) in [7, 11) is 7.26. The third-order valence-electron chi connectivity index (χ3n) is 0.950. The average Bonchev–Trinajstić information content (AvgIpc) is 1.63. The Kier molecular flexibility index (Phi) is 3.24. The van der Waals surface area contributed by atoms with Crippen LogP contribution in [-0.4, -0.2) is 50.4 Å². The largest absolute Gasteiger partial charge is 0.348 e. The van der Waals surface area contributed by atoms with E-state index in [0.29, 0.717) is 6.54 Å². The predicted octanol–water partition coefficient (Wildman–Crippen LogP) is -0.364. The molecule has 0 aromatic carbocycles. The van der Waals surface area contributed by atoms with Gasteiger partial charge in [-0.2, -0.15) is 0 Å². The number of amides is 1. The van der Waals surface area contributed by atoms with Crippen LogP contribution in [0.3, 0.4) is 0 Å². The highest BCUT2D eigenvalue weighted by molar-refractivity contribution is 5.77. The van der Waals surface area contributed by atoms with Crippen molar-refractivity contribution in [3.05, 3.63) is 0 Å². The van der Waals surface area contributed by atoms with E-state index in [2.05, 4.69) is 0 Å². The van der Waals surface area contributed by atoms with Crippen LogP contribution in [0.4, 0.5) is 0 Å². The van der Waals surface area contributed by atoms with Crippen LogP contribution >= 0.6 is 0 Å². The molecule has 0 aromatic heterocycles. The van der Waals surface area contributed by atoms with Gasteiger partial charge >= 0.3 is 0 Å². The molecule has 0 saturated heterocycles. The summed E-state index contributed by atoms with van der Waals surface area (Å²) in [5, 5.41) is 0. The van der Waals surface area contributed by atoms with Crippen molar-refractivity contribution in [3.63, 3.8) is 0 Å². The molecule has 0 rings (SSSR count). The van der Waals surface area contributed by atoms with Gasteiger partial charge in [0.2, 0.25) is 5.91 Å². The quantitative estimate of drug-likeness (QED) is 0.509. The van der Waals surface area contributed by atoms with E-state index in [1.54, 1.807) is 19.0 Å². The average molecular weight is 130 g/mol. The van der Waals surface area contributed by atoms with Crippen molar-refractivity contribution in [2.75, 3.05) is 34.7 Å². The first-order chi connectivity index (χ1) is 4.04. The molecule has 9 heavy (non-hydrogen) atoms. The molecule has 0 fully saturated rings. The summed E-state index contributed by atoms with van der Waals surface area (Å²) in [6.45, 7) is 0.493. The van der Waals surface area contributed by atoms with E-state index in [0.717, 1.165) is 0 Å². The smallest absolute Gasteiger partial charge is 0.236 e. The molecule has 3 nitrogen and oxygen atoms in total. The van der Waals surface area contributed by atoms with Gasteiger partial charge in [-0.1, -0.05) is 0 Å². The Morgan fingerprint density at radius 2 is 1.67 bits per heavy atom. The van der Waals surface area contributed by atoms with E-state index < -0.39 is 0 Å². The Bertz CT molecular complexity index is 99.2. The molecule has 0 atom stereocenters. The molecule has 0 spiro atoms. The summed E-state index contributed by atoms with van der Waals surface area (Å²) in [5.74, 6) is 0.139. The maximum absolute atomic E-state index is 10.8. The first kappa shape index (κ1) is 8.43. The number of likely N-dealkylation sites (N-methyl/N-ethyl adjacent to an activating group) is 2. The van der Waals surface area contributed by atoms with Crippen LogP contribution in [0.15, 0.2) is 0 Å². The second kappa shape index (κ2) is 3.45. The minimum absolute atomic E-state index is 0.139. The molecule has 0 unspecified atom stereocenters. The van der Waals surface area contributed by atoms with Crippen LogP contribution < -0.4 is 0 Å². The zero-order valence-electron chi connectivity index (χ0n) is 6.51. The second-order valence-corrected chi connectivity index (χ2v) is 2.53. The van der Waals surface area contributed by atoms with E-state index >= 15 is 0 Å². The molecule has 0 radical (unpaired) electrons. The standard InChI is InChI=1S/C6H14N2O/c1-7(2)5-6(9)8(3)4/h5H2,1-4H3. The summed E-state index contributed by atoms with van der Waals surface area (Å²) >= 11 is 0. The molecular formula is C6H14N2O. The van der Waals surface area contributed by atoms with Gasteiger partial charge in [0.25, 0.3) is 0 Å². The Morgan fingerprint density at radius 1 is 1.22 bits per heavy atom. The van der Waals surface area contributed by atoms with E-state index in [1.807, 2.05) is 19.0 Å². The molecule has 3 heteroatoms. The van der Waals surface area contributed by atoms with Gasteiger partial charge in [0.05, 0.1) is 6.54 Å². The summed E-state index contributed by atoms with van der Waals surface area (Å²) in [4.78, 5) is 14.3. The lowest BCUT2D eigenvalue weighted by Gasteiger charge is -2.13. The molecule has 0 N–H and O–H groups in total. The van der Waals surface area contributed by atoms with Crippen molar-refractivity contribution in [2.24, 2.45) is 0 Å². The van der Waals surface area contributed by atoms with Crippen LogP contribution in [0.2, 0.25) is 0 Å². The SMILES string of the molecule is CN(C)CC(=O)N(C)C. The van der Waals surface area contributed by atoms with Gasteiger partial charge in [0.1, 0.15) is 0 Å². The molecule has 0 aliphatic rings. The lowest BCUT2D eigenvalue weighted by Crippen LogP contribution is -2.32. The maximum atomic E-state index is 10.8. The number of carbonyl (C=O) groups is 1. The highest BCUT2D eigenvalue weighted by Gasteiger charge is 2.02. The summed E-state index contributed by atoms with van der Waals surface area (Å²) < 4.78 is 0. The Balaban J connectivity index is 3.51. The van der Waals surface area contributed by atoms with Gasteiger partial charge in [-0.3, -0.25) is 4.79 Å². The molecule has 54 valence electrons. The molecule has 1 amide bonds. The van der Waals surface area contributed by atoms with Crippen LogP contribution in [0, 0.1) is 0 Å². The van der Waals surface area contributed by atoms with E-state index in [4.69, 9.17) is 0 Å². The number of hydrogen-bond acceptors (Lipinski definition) is 2. The molecule has 0 saturated carbocycles. The second-order valence-electron chi connectivity index (χ2n) is 2.53. The molecule has 0 aliphatic carbocycles. The summed E-state index contributed by atoms with van der Waals surface area (Å²) in [6, 6.07) is 0. The Morgan fingerprint density at radius 3 is 1.78 bits per heavy atom. The number of carbonyl (C=O) groups excluding carboxylic acids is 1. The lowest BCUT2D eigenvalue weighted by molar-refractivity contribution is -0.129. The minimum Gasteiger partial charge on any atom is -0.348 e. The van der Waals surface area contributed by atoms with Crippen molar-refractivity contribution in [1.29, 1.82) is 0 Å². The minimum atomic E-state index is 0.139. The zero-order valence-corrected chi connectivity index (χ0v) is 6.51.